The molecule has 0 aliphatic carbocycles. The van der Waals surface area contributed by atoms with Crippen molar-refractivity contribution in [3.8, 4) is 0 Å². The number of rotatable bonds is 8. The van der Waals surface area contributed by atoms with Crippen LogP contribution in [0.4, 0.5) is 0 Å². The molecule has 112 valence electrons. The summed E-state index contributed by atoms with van der Waals surface area (Å²) in [6, 6.07) is 5.88. The van der Waals surface area contributed by atoms with Gasteiger partial charge in [0, 0.05) is 6.04 Å². The second kappa shape index (κ2) is 7.40. The summed E-state index contributed by atoms with van der Waals surface area (Å²) in [5.41, 5.74) is 0.581. The smallest absolute Gasteiger partial charge is 0.307 e. The van der Waals surface area contributed by atoms with E-state index in [0.717, 1.165) is 19.3 Å². The van der Waals surface area contributed by atoms with Crippen molar-refractivity contribution in [2.45, 2.75) is 50.5 Å². The molecule has 2 N–H and O–H groups in total. The van der Waals surface area contributed by atoms with Crippen molar-refractivity contribution in [3.63, 3.8) is 0 Å². The van der Waals surface area contributed by atoms with Crippen LogP contribution in [0, 0.1) is 0 Å². The third-order valence-corrected chi connectivity index (χ3v) is 4.58. The van der Waals surface area contributed by atoms with Gasteiger partial charge in [-0.2, -0.15) is 0 Å². The summed E-state index contributed by atoms with van der Waals surface area (Å²) in [7, 11) is -3.54. The molecular weight excluding hydrogens is 278 g/mol. The van der Waals surface area contributed by atoms with Crippen molar-refractivity contribution >= 4 is 16.0 Å². The molecule has 0 radical (unpaired) electrons. The molecule has 5 nitrogen and oxygen atoms in total. The lowest BCUT2D eigenvalue weighted by atomic mass is 10.1. The number of nitrogens with one attached hydrogen (secondary N) is 1. The van der Waals surface area contributed by atoms with Crippen molar-refractivity contribution < 1.29 is 18.3 Å². The van der Waals surface area contributed by atoms with Crippen molar-refractivity contribution in [2.75, 3.05) is 0 Å². The average molecular weight is 299 g/mol. The van der Waals surface area contributed by atoms with Crippen LogP contribution in [0.5, 0.6) is 0 Å². The maximum Gasteiger partial charge on any atom is 0.307 e. The van der Waals surface area contributed by atoms with Gasteiger partial charge in [-0.15, -0.1) is 0 Å². The molecule has 0 saturated heterocycles. The molecule has 6 heteroatoms. The molecule has 0 heterocycles. The van der Waals surface area contributed by atoms with Gasteiger partial charge >= 0.3 is 5.97 Å². The van der Waals surface area contributed by atoms with Gasteiger partial charge < -0.3 is 5.11 Å². The Bertz CT molecular complexity index is 537. The number of aliphatic carboxylic acids is 1. The van der Waals surface area contributed by atoms with Crippen molar-refractivity contribution in [1.82, 2.24) is 4.72 Å². The highest BCUT2D eigenvalue weighted by Crippen LogP contribution is 2.13. The number of hydrogen-bond donors (Lipinski definition) is 2. The number of carboxylic acids is 1. The zero-order valence-electron chi connectivity index (χ0n) is 11.8. The van der Waals surface area contributed by atoms with E-state index in [4.69, 9.17) is 5.11 Å². The van der Waals surface area contributed by atoms with Crippen LogP contribution in [0.1, 0.15) is 38.7 Å². The quantitative estimate of drug-likeness (QED) is 0.770. The Morgan fingerprint density at radius 3 is 2.30 bits per heavy atom. The third kappa shape index (κ3) is 4.94. The zero-order valence-corrected chi connectivity index (χ0v) is 12.6. The molecule has 0 bridgehead atoms. The SMILES string of the molecule is CCCC(CC)NS(=O)(=O)c1ccc(CC(=O)O)cc1. The number of hydrogen-bond acceptors (Lipinski definition) is 3. The summed E-state index contributed by atoms with van der Waals surface area (Å²) in [6.45, 7) is 3.95. The molecule has 1 aromatic carbocycles. The Morgan fingerprint density at radius 2 is 1.85 bits per heavy atom. The molecule has 1 aromatic rings. The fourth-order valence-electron chi connectivity index (χ4n) is 1.94. The minimum absolute atomic E-state index is 0.0660. The first-order valence-electron chi connectivity index (χ1n) is 6.72. The van der Waals surface area contributed by atoms with E-state index in [1.54, 1.807) is 0 Å². The fraction of sp³-hybridized carbons (Fsp3) is 0.500. The molecule has 0 amide bonds. The lowest BCUT2D eigenvalue weighted by Gasteiger charge is -2.16. The largest absolute Gasteiger partial charge is 0.481 e. The summed E-state index contributed by atoms with van der Waals surface area (Å²) in [5.74, 6) is -0.937. The van der Waals surface area contributed by atoms with Crippen molar-refractivity contribution in [1.29, 1.82) is 0 Å². The Kier molecular flexibility index (Phi) is 6.16. The minimum Gasteiger partial charge on any atom is -0.481 e. The molecule has 1 rings (SSSR count). The summed E-state index contributed by atoms with van der Waals surface area (Å²) in [4.78, 5) is 10.7. The molecule has 1 atom stereocenters. The molecule has 1 unspecified atom stereocenters. The van der Waals surface area contributed by atoms with Crippen LogP contribution in [0.2, 0.25) is 0 Å². The average Bonchev–Trinajstić information content (AvgIpc) is 2.38. The van der Waals surface area contributed by atoms with Crippen molar-refractivity contribution in [2.24, 2.45) is 0 Å². The van der Waals surface area contributed by atoms with Gasteiger partial charge in [0.15, 0.2) is 0 Å². The van der Waals surface area contributed by atoms with Gasteiger partial charge in [-0.05, 0) is 30.5 Å². The van der Waals surface area contributed by atoms with Gasteiger partial charge in [-0.25, -0.2) is 13.1 Å². The second-order valence-electron chi connectivity index (χ2n) is 4.73. The summed E-state index contributed by atoms with van der Waals surface area (Å²) < 4.78 is 27.0. The lowest BCUT2D eigenvalue weighted by molar-refractivity contribution is -0.136. The highest BCUT2D eigenvalue weighted by molar-refractivity contribution is 7.89. The van der Waals surface area contributed by atoms with E-state index >= 15 is 0 Å². The van der Waals surface area contributed by atoms with Crippen LogP contribution < -0.4 is 4.72 Å². The zero-order chi connectivity index (χ0) is 15.2. The molecule has 0 aliphatic heterocycles. The minimum atomic E-state index is -3.54. The maximum absolute atomic E-state index is 12.2. The molecule has 0 saturated carbocycles. The lowest BCUT2D eigenvalue weighted by Crippen LogP contribution is -2.34. The Balaban J connectivity index is 2.84. The van der Waals surface area contributed by atoms with Crippen LogP contribution in [0.3, 0.4) is 0 Å². The number of carbonyl (C=O) groups is 1. The van der Waals surface area contributed by atoms with Gasteiger partial charge in [0.25, 0.3) is 0 Å². The van der Waals surface area contributed by atoms with Gasteiger partial charge in [-0.1, -0.05) is 32.4 Å². The predicted octanol–water partition coefficient (Wildman–Crippen LogP) is 2.17. The van der Waals surface area contributed by atoms with E-state index in [1.165, 1.54) is 24.3 Å². The molecular formula is C14H21NO4S. The molecule has 0 fully saturated rings. The van der Waals surface area contributed by atoms with Crippen molar-refractivity contribution in [3.05, 3.63) is 29.8 Å². The first-order valence-corrected chi connectivity index (χ1v) is 8.20. The topological polar surface area (TPSA) is 83.5 Å². The normalized spacial score (nSPS) is 13.1. The number of benzene rings is 1. The number of sulfonamides is 1. The van der Waals surface area contributed by atoms with E-state index in [0.29, 0.717) is 5.56 Å². The standard InChI is InChI=1S/C14H21NO4S/c1-3-5-12(4-2)15-20(18,19)13-8-6-11(7-9-13)10-14(16)17/h6-9,12,15H,3-5,10H2,1-2H3,(H,16,17). The van der Waals surface area contributed by atoms with Gasteiger partial charge in [0.1, 0.15) is 0 Å². The Hall–Kier alpha value is -1.40. The van der Waals surface area contributed by atoms with E-state index in [1.807, 2.05) is 13.8 Å². The molecule has 0 spiro atoms. The van der Waals surface area contributed by atoms with E-state index < -0.39 is 16.0 Å². The van der Waals surface area contributed by atoms with Crippen LogP contribution in [0.15, 0.2) is 29.2 Å². The Morgan fingerprint density at radius 1 is 1.25 bits per heavy atom. The summed E-state index contributed by atoms with van der Waals surface area (Å²) in [6.07, 6.45) is 2.34. The monoisotopic (exact) mass is 299 g/mol. The van der Waals surface area contributed by atoms with Gasteiger partial charge in [0.2, 0.25) is 10.0 Å². The highest BCUT2D eigenvalue weighted by atomic mass is 32.2. The van der Waals surface area contributed by atoms with Crippen LogP contribution in [0.25, 0.3) is 0 Å². The first kappa shape index (κ1) is 16.7. The molecule has 0 aromatic heterocycles. The van der Waals surface area contributed by atoms with Crippen LogP contribution in [-0.2, 0) is 21.2 Å². The predicted molar refractivity (Wildman–Crippen MR) is 77.1 cm³/mol. The fourth-order valence-corrected chi connectivity index (χ4v) is 3.30. The van der Waals surface area contributed by atoms with E-state index in [-0.39, 0.29) is 17.4 Å². The molecule has 20 heavy (non-hydrogen) atoms. The first-order chi connectivity index (χ1) is 9.39. The van der Waals surface area contributed by atoms with Crippen LogP contribution >= 0.6 is 0 Å². The van der Waals surface area contributed by atoms with E-state index in [2.05, 4.69) is 4.72 Å². The third-order valence-electron chi connectivity index (χ3n) is 3.04. The summed E-state index contributed by atoms with van der Waals surface area (Å²) in [5, 5.41) is 8.68. The second-order valence-corrected chi connectivity index (χ2v) is 6.44. The summed E-state index contributed by atoms with van der Waals surface area (Å²) >= 11 is 0. The van der Waals surface area contributed by atoms with Gasteiger partial charge in [0.05, 0.1) is 11.3 Å². The highest BCUT2D eigenvalue weighted by Gasteiger charge is 2.18. The van der Waals surface area contributed by atoms with Gasteiger partial charge in [-0.3, -0.25) is 4.79 Å². The maximum atomic E-state index is 12.2. The Labute approximate surface area is 120 Å². The van der Waals surface area contributed by atoms with Crippen LogP contribution in [-0.4, -0.2) is 25.5 Å². The molecule has 0 aliphatic rings. The number of carboxylic acid groups (broad SMARTS) is 1. The van der Waals surface area contributed by atoms with E-state index in [9.17, 15) is 13.2 Å².